The van der Waals surface area contributed by atoms with Crippen LogP contribution >= 0.6 is 0 Å². The fourth-order valence-electron chi connectivity index (χ4n) is 2.35. The Morgan fingerprint density at radius 1 is 1.30 bits per heavy atom. The predicted molar refractivity (Wildman–Crippen MR) is 86.4 cm³/mol. The minimum Gasteiger partial charge on any atom is -0.388 e. The predicted octanol–water partition coefficient (Wildman–Crippen LogP) is 3.98. The number of carbonyl (C=O) groups excluding carboxylic acids is 1. The highest BCUT2D eigenvalue weighted by atomic mass is 16.1. The molecular formula is C17H28N2O. The summed E-state index contributed by atoms with van der Waals surface area (Å²) in [7, 11) is 1.88. The highest BCUT2D eigenvalue weighted by Gasteiger charge is 2.12. The van der Waals surface area contributed by atoms with Gasteiger partial charge in [0.15, 0.2) is 0 Å². The summed E-state index contributed by atoms with van der Waals surface area (Å²) in [5, 5.41) is 6.16. The second-order valence-electron chi connectivity index (χ2n) is 5.41. The van der Waals surface area contributed by atoms with Crippen molar-refractivity contribution in [3.05, 3.63) is 29.3 Å². The topological polar surface area (TPSA) is 41.1 Å². The number of unbranched alkanes of at least 4 members (excludes halogenated alkanes) is 1. The Labute approximate surface area is 123 Å². The number of amides is 1. The average Bonchev–Trinajstić information content (AvgIpc) is 2.47. The van der Waals surface area contributed by atoms with Crippen molar-refractivity contribution >= 4 is 11.6 Å². The molecule has 0 heterocycles. The molecule has 0 radical (unpaired) electrons. The van der Waals surface area contributed by atoms with Crippen LogP contribution in [0.4, 0.5) is 5.69 Å². The minimum atomic E-state index is 0.0418. The molecule has 0 spiro atoms. The summed E-state index contributed by atoms with van der Waals surface area (Å²) in [5.41, 5.74) is 2.82. The van der Waals surface area contributed by atoms with E-state index in [0.717, 1.165) is 29.8 Å². The van der Waals surface area contributed by atoms with Crippen molar-refractivity contribution < 1.29 is 4.79 Å². The van der Waals surface area contributed by atoms with Crippen LogP contribution < -0.4 is 10.6 Å². The van der Waals surface area contributed by atoms with E-state index < -0.39 is 0 Å². The molecular weight excluding hydrogens is 248 g/mol. The number of hydrogen-bond acceptors (Lipinski definition) is 2. The van der Waals surface area contributed by atoms with Gasteiger partial charge in [0.25, 0.3) is 5.91 Å². The maximum absolute atomic E-state index is 12.2. The van der Waals surface area contributed by atoms with E-state index in [9.17, 15) is 4.79 Å². The van der Waals surface area contributed by atoms with E-state index in [1.807, 2.05) is 32.2 Å². The van der Waals surface area contributed by atoms with E-state index in [1.54, 1.807) is 0 Å². The van der Waals surface area contributed by atoms with Crippen LogP contribution in [0.25, 0.3) is 0 Å². The zero-order valence-electron chi connectivity index (χ0n) is 13.3. The van der Waals surface area contributed by atoms with Crippen LogP contribution in [0.15, 0.2) is 18.2 Å². The van der Waals surface area contributed by atoms with E-state index in [1.165, 1.54) is 19.3 Å². The Bertz CT molecular complexity index is 429. The van der Waals surface area contributed by atoms with E-state index in [-0.39, 0.29) is 5.91 Å². The highest BCUT2D eigenvalue weighted by Crippen LogP contribution is 2.15. The Balaban J connectivity index is 2.57. The van der Waals surface area contributed by atoms with Gasteiger partial charge in [0.1, 0.15) is 0 Å². The van der Waals surface area contributed by atoms with Gasteiger partial charge in [0.05, 0.1) is 0 Å². The van der Waals surface area contributed by atoms with Crippen molar-refractivity contribution in [1.29, 1.82) is 0 Å². The SMILES string of the molecule is CCCCC(CC)CNC(=O)c1ccc(NC)cc1C. The molecule has 112 valence electrons. The fourth-order valence-corrected chi connectivity index (χ4v) is 2.35. The summed E-state index contributed by atoms with van der Waals surface area (Å²) in [6.07, 6.45) is 4.78. The minimum absolute atomic E-state index is 0.0418. The molecule has 3 heteroatoms. The molecule has 0 aromatic heterocycles. The number of benzene rings is 1. The molecule has 0 saturated heterocycles. The van der Waals surface area contributed by atoms with Crippen molar-refractivity contribution in [2.75, 3.05) is 18.9 Å². The van der Waals surface area contributed by atoms with Crippen LogP contribution in [0.1, 0.15) is 55.5 Å². The Morgan fingerprint density at radius 2 is 2.05 bits per heavy atom. The van der Waals surface area contributed by atoms with Gasteiger partial charge in [-0.3, -0.25) is 4.79 Å². The van der Waals surface area contributed by atoms with Crippen LogP contribution in [0.2, 0.25) is 0 Å². The van der Waals surface area contributed by atoms with Gasteiger partial charge in [-0.15, -0.1) is 0 Å². The smallest absolute Gasteiger partial charge is 0.251 e. The molecule has 0 saturated carbocycles. The lowest BCUT2D eigenvalue weighted by molar-refractivity contribution is 0.0945. The van der Waals surface area contributed by atoms with E-state index in [4.69, 9.17) is 0 Å². The molecule has 20 heavy (non-hydrogen) atoms. The van der Waals surface area contributed by atoms with Gasteiger partial charge < -0.3 is 10.6 Å². The molecule has 1 rings (SSSR count). The molecule has 1 unspecified atom stereocenters. The molecule has 1 aromatic rings. The summed E-state index contributed by atoms with van der Waals surface area (Å²) >= 11 is 0. The van der Waals surface area contributed by atoms with Crippen LogP contribution in [0.3, 0.4) is 0 Å². The second kappa shape index (κ2) is 8.62. The lowest BCUT2D eigenvalue weighted by atomic mass is 9.99. The Kier molecular flexibility index (Phi) is 7.13. The van der Waals surface area contributed by atoms with Gasteiger partial charge in [-0.05, 0) is 43.0 Å². The maximum atomic E-state index is 12.2. The van der Waals surface area contributed by atoms with Gasteiger partial charge in [-0.2, -0.15) is 0 Å². The standard InChI is InChI=1S/C17H28N2O/c1-5-7-8-14(6-2)12-19-17(20)16-10-9-15(18-4)11-13(16)3/h9-11,14,18H,5-8,12H2,1-4H3,(H,19,20). The van der Waals surface area contributed by atoms with Crippen molar-refractivity contribution in [3.8, 4) is 0 Å². The first kappa shape index (κ1) is 16.5. The third-order valence-electron chi connectivity index (χ3n) is 3.85. The highest BCUT2D eigenvalue weighted by molar-refractivity contribution is 5.96. The van der Waals surface area contributed by atoms with Crippen molar-refractivity contribution in [1.82, 2.24) is 5.32 Å². The molecule has 2 N–H and O–H groups in total. The van der Waals surface area contributed by atoms with Crippen LogP contribution in [0.5, 0.6) is 0 Å². The molecule has 3 nitrogen and oxygen atoms in total. The number of rotatable bonds is 8. The van der Waals surface area contributed by atoms with Gasteiger partial charge >= 0.3 is 0 Å². The summed E-state index contributed by atoms with van der Waals surface area (Å²) in [5.74, 6) is 0.635. The van der Waals surface area contributed by atoms with Crippen molar-refractivity contribution in [2.45, 2.75) is 46.5 Å². The lowest BCUT2D eigenvalue weighted by Gasteiger charge is -2.16. The number of nitrogens with one attached hydrogen (secondary N) is 2. The largest absolute Gasteiger partial charge is 0.388 e. The monoisotopic (exact) mass is 276 g/mol. The van der Waals surface area contributed by atoms with E-state index >= 15 is 0 Å². The molecule has 0 bridgehead atoms. The normalized spacial score (nSPS) is 12.0. The van der Waals surface area contributed by atoms with Crippen LogP contribution in [-0.2, 0) is 0 Å². The molecule has 0 fully saturated rings. The van der Waals surface area contributed by atoms with E-state index in [0.29, 0.717) is 5.92 Å². The average molecular weight is 276 g/mol. The van der Waals surface area contributed by atoms with Crippen LogP contribution in [0, 0.1) is 12.8 Å². The van der Waals surface area contributed by atoms with Gasteiger partial charge in [-0.1, -0.05) is 33.1 Å². The van der Waals surface area contributed by atoms with E-state index in [2.05, 4.69) is 24.5 Å². The second-order valence-corrected chi connectivity index (χ2v) is 5.41. The number of aryl methyl sites for hydroxylation is 1. The fraction of sp³-hybridized carbons (Fsp3) is 0.588. The lowest BCUT2D eigenvalue weighted by Crippen LogP contribution is -2.29. The summed E-state index contributed by atoms with van der Waals surface area (Å²) < 4.78 is 0. The molecule has 0 aliphatic carbocycles. The zero-order valence-corrected chi connectivity index (χ0v) is 13.3. The molecule has 1 atom stereocenters. The first-order valence-electron chi connectivity index (χ1n) is 7.68. The number of hydrogen-bond donors (Lipinski definition) is 2. The van der Waals surface area contributed by atoms with Gasteiger partial charge in [-0.25, -0.2) is 0 Å². The number of carbonyl (C=O) groups is 1. The first-order valence-corrected chi connectivity index (χ1v) is 7.68. The molecule has 0 aliphatic heterocycles. The van der Waals surface area contributed by atoms with Gasteiger partial charge in [0, 0.05) is 24.8 Å². The third kappa shape index (κ3) is 4.87. The first-order chi connectivity index (χ1) is 9.62. The number of anilines is 1. The Morgan fingerprint density at radius 3 is 2.60 bits per heavy atom. The molecule has 0 aliphatic rings. The Hall–Kier alpha value is -1.51. The summed E-state index contributed by atoms with van der Waals surface area (Å²) in [4.78, 5) is 12.2. The third-order valence-corrected chi connectivity index (χ3v) is 3.85. The quantitative estimate of drug-likeness (QED) is 0.754. The maximum Gasteiger partial charge on any atom is 0.251 e. The molecule has 1 amide bonds. The molecule has 1 aromatic carbocycles. The zero-order chi connectivity index (χ0) is 15.0. The van der Waals surface area contributed by atoms with Gasteiger partial charge in [0.2, 0.25) is 0 Å². The summed E-state index contributed by atoms with van der Waals surface area (Å²) in [6, 6.07) is 5.84. The van der Waals surface area contributed by atoms with Crippen LogP contribution in [-0.4, -0.2) is 19.5 Å². The van der Waals surface area contributed by atoms with Crippen molar-refractivity contribution in [2.24, 2.45) is 5.92 Å². The summed E-state index contributed by atoms with van der Waals surface area (Å²) in [6.45, 7) is 7.16. The van der Waals surface area contributed by atoms with Crippen molar-refractivity contribution in [3.63, 3.8) is 0 Å².